The number of aryl methyl sites for hydroxylation is 1. The summed E-state index contributed by atoms with van der Waals surface area (Å²) in [6.45, 7) is 7.17. The SMILES string of the molecule is COc1ccc(CCN2C(=O)CCc3c(C)nc([C@H]4CCCN(C5CCNCC5)C4)nc32)cc1. The number of carbonyl (C=O) groups excluding carboxylic acids is 1. The second kappa shape index (κ2) is 10.4. The summed E-state index contributed by atoms with van der Waals surface area (Å²) in [7, 11) is 1.68. The highest BCUT2D eigenvalue weighted by atomic mass is 16.5. The van der Waals surface area contributed by atoms with Crippen LogP contribution in [0.25, 0.3) is 0 Å². The smallest absolute Gasteiger partial charge is 0.228 e. The molecule has 1 aromatic heterocycles. The monoisotopic (exact) mass is 463 g/mol. The van der Waals surface area contributed by atoms with E-state index in [0.29, 0.717) is 24.9 Å². The summed E-state index contributed by atoms with van der Waals surface area (Å²) in [4.78, 5) is 27.6. The fraction of sp³-hybridized carbons (Fsp3) is 0.593. The van der Waals surface area contributed by atoms with Gasteiger partial charge in [0.15, 0.2) is 0 Å². The van der Waals surface area contributed by atoms with Crippen LogP contribution >= 0.6 is 0 Å². The number of nitrogens with zero attached hydrogens (tertiary/aromatic N) is 4. The molecule has 0 unspecified atom stereocenters. The molecule has 0 spiro atoms. The Balaban J connectivity index is 1.35. The molecule has 0 bridgehead atoms. The van der Waals surface area contributed by atoms with Crippen molar-refractivity contribution in [2.75, 3.05) is 44.7 Å². The molecule has 1 amide bonds. The van der Waals surface area contributed by atoms with E-state index in [-0.39, 0.29) is 5.91 Å². The van der Waals surface area contributed by atoms with Crippen molar-refractivity contribution in [1.29, 1.82) is 0 Å². The van der Waals surface area contributed by atoms with E-state index in [4.69, 9.17) is 14.7 Å². The van der Waals surface area contributed by atoms with Crippen LogP contribution in [0.4, 0.5) is 5.82 Å². The summed E-state index contributed by atoms with van der Waals surface area (Å²) < 4.78 is 5.27. The number of fused-ring (bicyclic) bond motifs is 1. The second-order valence-corrected chi connectivity index (χ2v) is 9.93. The van der Waals surface area contributed by atoms with E-state index in [1.807, 2.05) is 17.0 Å². The number of hydrogen-bond donors (Lipinski definition) is 1. The van der Waals surface area contributed by atoms with Crippen molar-refractivity contribution in [2.45, 2.75) is 63.8 Å². The van der Waals surface area contributed by atoms with Crippen molar-refractivity contribution in [3.8, 4) is 5.75 Å². The zero-order chi connectivity index (χ0) is 23.5. The number of piperidine rings is 2. The molecule has 3 aliphatic heterocycles. The molecule has 2 aromatic rings. The quantitative estimate of drug-likeness (QED) is 0.709. The number of rotatable bonds is 6. The maximum atomic E-state index is 13.0. The summed E-state index contributed by atoms with van der Waals surface area (Å²) in [5, 5.41) is 3.48. The normalized spacial score (nSPS) is 22.0. The van der Waals surface area contributed by atoms with E-state index in [1.165, 1.54) is 31.4 Å². The Morgan fingerprint density at radius 1 is 1.09 bits per heavy atom. The molecule has 34 heavy (non-hydrogen) atoms. The van der Waals surface area contributed by atoms with Gasteiger partial charge in [-0.1, -0.05) is 12.1 Å². The summed E-state index contributed by atoms with van der Waals surface area (Å²) in [5.41, 5.74) is 3.38. The zero-order valence-electron chi connectivity index (χ0n) is 20.6. The standard InChI is InChI=1S/C27H37N5O2/c1-19-24-9-10-25(33)32(17-13-20-5-7-23(34-2)8-6-20)27(24)30-26(29-19)21-4-3-16-31(18-21)22-11-14-28-15-12-22/h5-8,21-22,28H,3-4,9-18H2,1-2H3/t21-/m0/s1. The number of hydrogen-bond acceptors (Lipinski definition) is 6. The maximum absolute atomic E-state index is 13.0. The molecule has 5 rings (SSSR count). The summed E-state index contributed by atoms with van der Waals surface area (Å²) in [5.74, 6) is 3.14. The first-order valence-electron chi connectivity index (χ1n) is 12.9. The van der Waals surface area contributed by atoms with Gasteiger partial charge in [0.1, 0.15) is 17.4 Å². The van der Waals surface area contributed by atoms with Gasteiger partial charge in [-0.2, -0.15) is 0 Å². The third kappa shape index (κ3) is 4.96. The average molecular weight is 464 g/mol. The molecule has 1 atom stereocenters. The Bertz CT molecular complexity index is 1000. The van der Waals surface area contributed by atoms with Crippen LogP contribution in [0.15, 0.2) is 24.3 Å². The van der Waals surface area contributed by atoms with Gasteiger partial charge in [-0.15, -0.1) is 0 Å². The van der Waals surface area contributed by atoms with Crippen molar-refractivity contribution >= 4 is 11.7 Å². The van der Waals surface area contributed by atoms with Crippen molar-refractivity contribution in [2.24, 2.45) is 0 Å². The molecule has 1 aromatic carbocycles. The first-order chi connectivity index (χ1) is 16.6. The number of ether oxygens (including phenoxy) is 1. The Morgan fingerprint density at radius 2 is 1.88 bits per heavy atom. The van der Waals surface area contributed by atoms with E-state index in [0.717, 1.165) is 67.5 Å². The van der Waals surface area contributed by atoms with Crippen LogP contribution in [0.1, 0.15) is 60.7 Å². The number of likely N-dealkylation sites (tertiary alicyclic amines) is 1. The Morgan fingerprint density at radius 3 is 2.65 bits per heavy atom. The van der Waals surface area contributed by atoms with Gasteiger partial charge in [0, 0.05) is 42.7 Å². The number of benzene rings is 1. The number of methoxy groups -OCH3 is 1. The van der Waals surface area contributed by atoms with Gasteiger partial charge < -0.3 is 10.1 Å². The number of amides is 1. The highest BCUT2D eigenvalue weighted by molar-refractivity contribution is 5.95. The van der Waals surface area contributed by atoms with Crippen molar-refractivity contribution in [3.63, 3.8) is 0 Å². The molecular weight excluding hydrogens is 426 g/mol. The molecule has 0 radical (unpaired) electrons. The maximum Gasteiger partial charge on any atom is 0.228 e. The van der Waals surface area contributed by atoms with Crippen LogP contribution in [0.3, 0.4) is 0 Å². The molecule has 7 nitrogen and oxygen atoms in total. The van der Waals surface area contributed by atoms with Crippen molar-refractivity contribution in [1.82, 2.24) is 20.2 Å². The molecule has 182 valence electrons. The Labute approximate surface area is 202 Å². The summed E-state index contributed by atoms with van der Waals surface area (Å²) >= 11 is 0. The van der Waals surface area contributed by atoms with Crippen LogP contribution in [0, 0.1) is 6.92 Å². The molecule has 0 saturated carbocycles. The predicted octanol–water partition coefficient (Wildman–Crippen LogP) is 3.25. The summed E-state index contributed by atoms with van der Waals surface area (Å²) in [6, 6.07) is 8.77. The third-order valence-corrected chi connectivity index (χ3v) is 7.78. The van der Waals surface area contributed by atoms with Gasteiger partial charge in [-0.05, 0) is 82.8 Å². The van der Waals surface area contributed by atoms with E-state index in [2.05, 4.69) is 29.3 Å². The number of anilines is 1. The lowest BCUT2D eigenvalue weighted by Crippen LogP contribution is -2.47. The van der Waals surface area contributed by atoms with Gasteiger partial charge in [0.05, 0.1) is 7.11 Å². The molecule has 4 heterocycles. The zero-order valence-corrected chi connectivity index (χ0v) is 20.6. The first-order valence-corrected chi connectivity index (χ1v) is 12.9. The fourth-order valence-corrected chi connectivity index (χ4v) is 5.77. The van der Waals surface area contributed by atoms with Crippen molar-refractivity contribution in [3.05, 3.63) is 46.9 Å². The molecule has 1 N–H and O–H groups in total. The largest absolute Gasteiger partial charge is 0.497 e. The van der Waals surface area contributed by atoms with Gasteiger partial charge in [0.2, 0.25) is 5.91 Å². The minimum absolute atomic E-state index is 0.171. The Kier molecular flexibility index (Phi) is 7.11. The fourth-order valence-electron chi connectivity index (χ4n) is 5.77. The first kappa shape index (κ1) is 23.2. The molecule has 0 aliphatic carbocycles. The lowest BCUT2D eigenvalue weighted by Gasteiger charge is -2.40. The number of nitrogens with one attached hydrogen (secondary N) is 1. The van der Waals surface area contributed by atoms with Crippen molar-refractivity contribution < 1.29 is 9.53 Å². The highest BCUT2D eigenvalue weighted by Crippen LogP contribution is 2.33. The van der Waals surface area contributed by atoms with Crippen LogP contribution in [-0.4, -0.2) is 66.7 Å². The van der Waals surface area contributed by atoms with Crippen LogP contribution < -0.4 is 15.0 Å². The summed E-state index contributed by atoms with van der Waals surface area (Å²) in [6.07, 6.45) is 6.83. The van der Waals surface area contributed by atoms with Gasteiger partial charge in [-0.3, -0.25) is 14.6 Å². The minimum atomic E-state index is 0.171. The lowest BCUT2D eigenvalue weighted by molar-refractivity contribution is -0.118. The van der Waals surface area contributed by atoms with E-state index < -0.39 is 0 Å². The lowest BCUT2D eigenvalue weighted by atomic mass is 9.93. The molecule has 3 aliphatic rings. The van der Waals surface area contributed by atoms with E-state index >= 15 is 0 Å². The highest BCUT2D eigenvalue weighted by Gasteiger charge is 2.32. The minimum Gasteiger partial charge on any atom is -0.497 e. The molecule has 2 fully saturated rings. The van der Waals surface area contributed by atoms with Gasteiger partial charge in [0.25, 0.3) is 0 Å². The predicted molar refractivity (Wildman–Crippen MR) is 134 cm³/mol. The molecule has 2 saturated heterocycles. The number of carbonyl (C=O) groups is 1. The molecule has 7 heteroatoms. The second-order valence-electron chi connectivity index (χ2n) is 9.93. The van der Waals surface area contributed by atoms with Gasteiger partial charge >= 0.3 is 0 Å². The molecular formula is C27H37N5O2. The van der Waals surface area contributed by atoms with Crippen LogP contribution in [0.5, 0.6) is 5.75 Å². The topological polar surface area (TPSA) is 70.6 Å². The van der Waals surface area contributed by atoms with E-state index in [9.17, 15) is 4.79 Å². The van der Waals surface area contributed by atoms with E-state index in [1.54, 1.807) is 7.11 Å². The Hall–Kier alpha value is -2.51. The average Bonchev–Trinajstić information content (AvgIpc) is 2.89. The van der Waals surface area contributed by atoms with Crippen LogP contribution in [-0.2, 0) is 17.6 Å². The third-order valence-electron chi connectivity index (χ3n) is 7.78. The number of aromatic nitrogens is 2. The van der Waals surface area contributed by atoms with Crippen LogP contribution in [0.2, 0.25) is 0 Å². The van der Waals surface area contributed by atoms with Gasteiger partial charge in [-0.25, -0.2) is 9.97 Å².